The van der Waals surface area contributed by atoms with Gasteiger partial charge >= 0.3 is 0 Å². The molecule has 84 valence electrons. The van der Waals surface area contributed by atoms with Crippen LogP contribution >= 0.6 is 23.4 Å². The van der Waals surface area contributed by atoms with Gasteiger partial charge in [0.2, 0.25) is 0 Å². The first-order valence-corrected chi connectivity index (χ1v) is 7.76. The lowest BCUT2D eigenvalue weighted by molar-refractivity contribution is 0.622. The minimum absolute atomic E-state index is 0.842. The highest BCUT2D eigenvalue weighted by molar-refractivity contribution is 7.99. The highest BCUT2D eigenvalue weighted by Crippen LogP contribution is 2.28. The summed E-state index contributed by atoms with van der Waals surface area (Å²) in [5, 5.41) is 0. The van der Waals surface area contributed by atoms with Crippen molar-refractivity contribution in [2.75, 3.05) is 17.4 Å². The van der Waals surface area contributed by atoms with Crippen molar-refractivity contribution in [1.82, 2.24) is 0 Å². The minimum Gasteiger partial charge on any atom is -0.162 e. The number of alkyl halides is 1. The van der Waals surface area contributed by atoms with Gasteiger partial charge in [-0.15, -0.1) is 11.6 Å². The average molecular weight is 235 g/mol. The lowest BCUT2D eigenvalue weighted by Crippen LogP contribution is -1.97. The Bertz CT molecular complexity index is 121. The van der Waals surface area contributed by atoms with Gasteiger partial charge in [-0.2, -0.15) is 11.8 Å². The van der Waals surface area contributed by atoms with Gasteiger partial charge in [0.05, 0.1) is 0 Å². The van der Waals surface area contributed by atoms with E-state index in [0.29, 0.717) is 0 Å². The van der Waals surface area contributed by atoms with Crippen LogP contribution in [-0.4, -0.2) is 17.4 Å². The van der Waals surface area contributed by atoms with E-state index < -0.39 is 0 Å². The van der Waals surface area contributed by atoms with Gasteiger partial charge in [-0.1, -0.05) is 25.7 Å². The first-order valence-electron chi connectivity index (χ1n) is 6.07. The summed E-state index contributed by atoms with van der Waals surface area (Å²) in [6.07, 6.45) is 11.3. The van der Waals surface area contributed by atoms with Gasteiger partial charge in [0.25, 0.3) is 0 Å². The molecule has 1 aliphatic rings. The molecule has 0 nitrogen and oxygen atoms in total. The molecule has 2 heteroatoms. The molecule has 0 aromatic carbocycles. The van der Waals surface area contributed by atoms with Gasteiger partial charge in [0.1, 0.15) is 0 Å². The lowest BCUT2D eigenvalue weighted by atomic mass is 10.1. The normalized spacial score (nSPS) is 17.8. The fraction of sp³-hybridized carbons (Fsp3) is 1.00. The standard InChI is InChI=1S/C12H23ClS/c13-9-5-1-2-6-10-14-11-12-7-3-4-8-12/h12H,1-11H2. The molecule has 0 radical (unpaired) electrons. The quantitative estimate of drug-likeness (QED) is 0.433. The molecular formula is C12H23ClS. The van der Waals surface area contributed by atoms with Gasteiger partial charge in [-0.25, -0.2) is 0 Å². The van der Waals surface area contributed by atoms with Crippen LogP contribution < -0.4 is 0 Å². The van der Waals surface area contributed by atoms with E-state index in [4.69, 9.17) is 11.6 Å². The zero-order valence-electron chi connectivity index (χ0n) is 9.14. The van der Waals surface area contributed by atoms with E-state index in [9.17, 15) is 0 Å². The molecule has 0 unspecified atom stereocenters. The van der Waals surface area contributed by atoms with Crippen molar-refractivity contribution in [2.24, 2.45) is 5.92 Å². The zero-order valence-corrected chi connectivity index (χ0v) is 10.7. The Balaban J connectivity index is 1.75. The molecule has 0 heterocycles. The Morgan fingerprint density at radius 1 is 1.00 bits per heavy atom. The van der Waals surface area contributed by atoms with Crippen molar-refractivity contribution < 1.29 is 0 Å². The molecule has 0 aliphatic heterocycles. The van der Waals surface area contributed by atoms with Crippen LogP contribution in [0.15, 0.2) is 0 Å². The van der Waals surface area contributed by atoms with Gasteiger partial charge in [-0.05, 0) is 43.1 Å². The smallest absolute Gasteiger partial charge is 0.0223 e. The Morgan fingerprint density at radius 3 is 2.43 bits per heavy atom. The van der Waals surface area contributed by atoms with Crippen LogP contribution in [0.4, 0.5) is 0 Å². The Labute approximate surface area is 98.2 Å². The molecule has 0 bridgehead atoms. The van der Waals surface area contributed by atoms with Gasteiger partial charge in [0.15, 0.2) is 0 Å². The van der Waals surface area contributed by atoms with Crippen molar-refractivity contribution in [2.45, 2.75) is 51.4 Å². The summed E-state index contributed by atoms with van der Waals surface area (Å²) in [6, 6.07) is 0. The summed E-state index contributed by atoms with van der Waals surface area (Å²) in [7, 11) is 0. The molecule has 0 aromatic rings. The molecule has 1 saturated carbocycles. The third-order valence-corrected chi connectivity index (χ3v) is 4.55. The van der Waals surface area contributed by atoms with Crippen LogP contribution in [0.5, 0.6) is 0 Å². The molecule has 0 N–H and O–H groups in total. The summed E-state index contributed by atoms with van der Waals surface area (Å²) in [6.45, 7) is 0. The Kier molecular flexibility index (Phi) is 8.09. The molecule has 1 aliphatic carbocycles. The molecule has 0 amide bonds. The predicted octanol–water partition coefficient (Wildman–Crippen LogP) is 4.71. The fourth-order valence-corrected chi connectivity index (χ4v) is 3.51. The molecular weight excluding hydrogens is 212 g/mol. The van der Waals surface area contributed by atoms with Crippen LogP contribution in [0, 0.1) is 5.92 Å². The van der Waals surface area contributed by atoms with Gasteiger partial charge in [-0.3, -0.25) is 0 Å². The van der Waals surface area contributed by atoms with Crippen molar-refractivity contribution in [3.63, 3.8) is 0 Å². The summed E-state index contributed by atoms with van der Waals surface area (Å²) < 4.78 is 0. The number of hydrogen-bond acceptors (Lipinski definition) is 1. The van der Waals surface area contributed by atoms with Crippen molar-refractivity contribution in [3.8, 4) is 0 Å². The second-order valence-corrected chi connectivity index (χ2v) is 5.86. The number of rotatable bonds is 8. The van der Waals surface area contributed by atoms with Crippen LogP contribution in [-0.2, 0) is 0 Å². The Morgan fingerprint density at radius 2 is 1.71 bits per heavy atom. The number of thioether (sulfide) groups is 1. The van der Waals surface area contributed by atoms with Crippen LogP contribution in [0.1, 0.15) is 51.4 Å². The number of unbranched alkanes of at least 4 members (excludes halogenated alkanes) is 3. The summed E-state index contributed by atoms with van der Waals surface area (Å²) in [5.41, 5.74) is 0. The molecule has 14 heavy (non-hydrogen) atoms. The first-order chi connectivity index (χ1) is 6.93. The van der Waals surface area contributed by atoms with E-state index in [-0.39, 0.29) is 0 Å². The highest BCUT2D eigenvalue weighted by atomic mass is 35.5. The van der Waals surface area contributed by atoms with Crippen molar-refractivity contribution in [3.05, 3.63) is 0 Å². The largest absolute Gasteiger partial charge is 0.162 e. The lowest BCUT2D eigenvalue weighted by Gasteiger charge is -2.07. The average Bonchev–Trinajstić information content (AvgIpc) is 2.69. The third kappa shape index (κ3) is 6.19. The number of hydrogen-bond donors (Lipinski definition) is 0. The monoisotopic (exact) mass is 234 g/mol. The summed E-state index contributed by atoms with van der Waals surface area (Å²) in [5.74, 6) is 4.70. The van der Waals surface area contributed by atoms with Crippen molar-refractivity contribution in [1.29, 1.82) is 0 Å². The predicted molar refractivity (Wildman–Crippen MR) is 68.5 cm³/mol. The molecule has 0 atom stereocenters. The van der Waals surface area contributed by atoms with E-state index in [2.05, 4.69) is 11.8 Å². The van der Waals surface area contributed by atoms with E-state index in [1.807, 2.05) is 0 Å². The van der Waals surface area contributed by atoms with E-state index in [0.717, 1.165) is 11.8 Å². The second kappa shape index (κ2) is 8.91. The first kappa shape index (κ1) is 12.7. The van der Waals surface area contributed by atoms with E-state index >= 15 is 0 Å². The summed E-state index contributed by atoms with van der Waals surface area (Å²) >= 11 is 7.80. The molecule has 1 fully saturated rings. The topological polar surface area (TPSA) is 0 Å². The second-order valence-electron chi connectivity index (χ2n) is 4.33. The van der Waals surface area contributed by atoms with Crippen LogP contribution in [0.25, 0.3) is 0 Å². The van der Waals surface area contributed by atoms with Gasteiger partial charge < -0.3 is 0 Å². The van der Waals surface area contributed by atoms with Crippen LogP contribution in [0.2, 0.25) is 0 Å². The zero-order chi connectivity index (χ0) is 10.1. The molecule has 1 rings (SSSR count). The fourth-order valence-electron chi connectivity index (χ4n) is 2.08. The minimum atomic E-state index is 0.842. The molecule has 0 spiro atoms. The Hall–Kier alpha value is 0.640. The van der Waals surface area contributed by atoms with Crippen molar-refractivity contribution >= 4 is 23.4 Å². The highest BCUT2D eigenvalue weighted by Gasteiger charge is 2.13. The SMILES string of the molecule is ClCCCCCCSCC1CCCC1. The maximum atomic E-state index is 5.62. The molecule has 0 aromatic heterocycles. The third-order valence-electron chi connectivity index (χ3n) is 3.00. The van der Waals surface area contributed by atoms with Crippen LogP contribution in [0.3, 0.4) is 0 Å². The van der Waals surface area contributed by atoms with Gasteiger partial charge in [0, 0.05) is 5.88 Å². The number of halogens is 1. The van der Waals surface area contributed by atoms with E-state index in [1.165, 1.54) is 62.9 Å². The van der Waals surface area contributed by atoms with E-state index in [1.54, 1.807) is 0 Å². The summed E-state index contributed by atoms with van der Waals surface area (Å²) in [4.78, 5) is 0. The maximum Gasteiger partial charge on any atom is 0.0223 e. The maximum absolute atomic E-state index is 5.62. The molecule has 0 saturated heterocycles.